The van der Waals surface area contributed by atoms with E-state index in [-0.39, 0.29) is 11.3 Å². The van der Waals surface area contributed by atoms with Gasteiger partial charge in [0.2, 0.25) is 0 Å². The number of hydrogen-bond donors (Lipinski definition) is 1. The lowest BCUT2D eigenvalue weighted by atomic mass is 10.2. The lowest BCUT2D eigenvalue weighted by Gasteiger charge is -2.02. The van der Waals surface area contributed by atoms with Crippen molar-refractivity contribution in [3.63, 3.8) is 0 Å². The second-order valence-electron chi connectivity index (χ2n) is 2.09. The Kier molecular flexibility index (Phi) is 3.10. The number of aromatic hydroxyl groups is 1. The lowest BCUT2D eigenvalue weighted by molar-refractivity contribution is 0.112. The molecule has 0 spiro atoms. The van der Waals surface area contributed by atoms with Crippen molar-refractivity contribution in [3.05, 3.63) is 23.8 Å². The largest absolute Gasteiger partial charge is 0.507 e. The zero-order valence-electron chi connectivity index (χ0n) is 6.16. The predicted octanol–water partition coefficient (Wildman–Crippen LogP) is 1.94. The van der Waals surface area contributed by atoms with Crippen LogP contribution in [0, 0.1) is 0 Å². The molecule has 4 heteroatoms. The number of alkyl halides is 1. The van der Waals surface area contributed by atoms with E-state index in [0.717, 1.165) is 0 Å². The van der Waals surface area contributed by atoms with E-state index in [1.807, 2.05) is 0 Å². The second kappa shape index (κ2) is 4.11. The first-order chi connectivity index (χ1) is 5.77. The van der Waals surface area contributed by atoms with Crippen LogP contribution in [-0.2, 0) is 0 Å². The molecule has 0 aliphatic rings. The highest BCUT2D eigenvalue weighted by Gasteiger charge is 2.00. The average Bonchev–Trinajstić information content (AvgIpc) is 2.05. The van der Waals surface area contributed by atoms with Crippen LogP contribution in [0.25, 0.3) is 0 Å². The molecule has 64 valence electrons. The summed E-state index contributed by atoms with van der Waals surface area (Å²) in [7, 11) is 0. The van der Waals surface area contributed by atoms with Crippen LogP contribution in [0.15, 0.2) is 18.2 Å². The average molecular weight is 231 g/mol. The molecule has 0 saturated heterocycles. The smallest absolute Gasteiger partial charge is 0.153 e. The fourth-order valence-electron chi connectivity index (χ4n) is 0.776. The van der Waals surface area contributed by atoms with Crippen molar-refractivity contribution in [1.82, 2.24) is 0 Å². The van der Waals surface area contributed by atoms with Gasteiger partial charge in [-0.3, -0.25) is 4.79 Å². The molecule has 0 fully saturated rings. The Balaban J connectivity index is 2.93. The second-order valence-corrected chi connectivity index (χ2v) is 2.55. The normalized spacial score (nSPS) is 9.42. The number of carbonyl (C=O) groups is 1. The Bertz CT molecular complexity index is 286. The molecule has 1 aromatic rings. The van der Waals surface area contributed by atoms with Gasteiger partial charge in [0.05, 0.1) is 5.56 Å². The zero-order valence-corrected chi connectivity index (χ0v) is 7.74. The van der Waals surface area contributed by atoms with Gasteiger partial charge in [0, 0.05) is 6.07 Å². The fraction of sp³-hybridized carbons (Fsp3) is 0.125. The fourth-order valence-corrected chi connectivity index (χ4v) is 1.04. The zero-order chi connectivity index (χ0) is 8.97. The van der Waals surface area contributed by atoms with E-state index >= 15 is 0 Å². The van der Waals surface area contributed by atoms with E-state index in [1.165, 1.54) is 12.1 Å². The Hall–Kier alpha value is -1.03. The van der Waals surface area contributed by atoms with E-state index in [0.29, 0.717) is 17.6 Å². The van der Waals surface area contributed by atoms with Gasteiger partial charge in [0.25, 0.3) is 0 Å². The Labute approximate surface area is 78.1 Å². The standard InChI is InChI=1S/C8H7BrO3/c9-5-12-7-2-1-6(4-10)8(11)3-7/h1-4,11H,5H2. The Morgan fingerprint density at radius 2 is 2.33 bits per heavy atom. The Morgan fingerprint density at radius 1 is 1.58 bits per heavy atom. The molecular weight excluding hydrogens is 224 g/mol. The third-order valence-electron chi connectivity index (χ3n) is 1.35. The van der Waals surface area contributed by atoms with Crippen LogP contribution in [0.4, 0.5) is 0 Å². The van der Waals surface area contributed by atoms with Gasteiger partial charge in [-0.1, -0.05) is 0 Å². The summed E-state index contributed by atoms with van der Waals surface area (Å²) in [5.74, 6) is 0.457. The topological polar surface area (TPSA) is 46.5 Å². The third-order valence-corrected chi connectivity index (χ3v) is 1.58. The van der Waals surface area contributed by atoms with Crippen LogP contribution < -0.4 is 4.74 Å². The third kappa shape index (κ3) is 1.98. The van der Waals surface area contributed by atoms with E-state index in [1.54, 1.807) is 6.07 Å². The molecule has 0 amide bonds. The molecule has 1 rings (SSSR count). The molecule has 0 unspecified atom stereocenters. The number of rotatable bonds is 3. The molecule has 0 aliphatic carbocycles. The quantitative estimate of drug-likeness (QED) is 0.638. The van der Waals surface area contributed by atoms with Gasteiger partial charge in [-0.2, -0.15) is 0 Å². The van der Waals surface area contributed by atoms with Crippen LogP contribution in [-0.4, -0.2) is 16.9 Å². The van der Waals surface area contributed by atoms with Gasteiger partial charge >= 0.3 is 0 Å². The molecule has 0 aliphatic heterocycles. The molecule has 0 saturated carbocycles. The highest BCUT2D eigenvalue weighted by Crippen LogP contribution is 2.22. The minimum atomic E-state index is -0.0662. The van der Waals surface area contributed by atoms with Gasteiger partial charge in [0.1, 0.15) is 17.0 Å². The first kappa shape index (κ1) is 9.06. The van der Waals surface area contributed by atoms with Crippen LogP contribution >= 0.6 is 15.9 Å². The van der Waals surface area contributed by atoms with Gasteiger partial charge in [0.15, 0.2) is 6.29 Å². The van der Waals surface area contributed by atoms with Crippen molar-refractivity contribution in [2.24, 2.45) is 0 Å². The van der Waals surface area contributed by atoms with Crippen molar-refractivity contribution in [2.45, 2.75) is 0 Å². The molecule has 0 heterocycles. The van der Waals surface area contributed by atoms with Gasteiger partial charge in [-0.05, 0) is 28.1 Å². The van der Waals surface area contributed by atoms with E-state index in [4.69, 9.17) is 4.74 Å². The van der Waals surface area contributed by atoms with Crippen molar-refractivity contribution in [1.29, 1.82) is 0 Å². The number of ether oxygens (including phenoxy) is 1. The monoisotopic (exact) mass is 230 g/mol. The predicted molar refractivity (Wildman–Crippen MR) is 47.9 cm³/mol. The van der Waals surface area contributed by atoms with Gasteiger partial charge < -0.3 is 9.84 Å². The van der Waals surface area contributed by atoms with E-state index in [2.05, 4.69) is 15.9 Å². The SMILES string of the molecule is O=Cc1ccc(OCBr)cc1O. The van der Waals surface area contributed by atoms with Crippen molar-refractivity contribution < 1.29 is 14.6 Å². The highest BCUT2D eigenvalue weighted by molar-refractivity contribution is 9.09. The number of phenolic OH excluding ortho intramolecular Hbond substituents is 1. The first-order valence-corrected chi connectivity index (χ1v) is 4.37. The summed E-state index contributed by atoms with van der Waals surface area (Å²) in [4.78, 5) is 10.3. The number of carbonyl (C=O) groups excluding carboxylic acids is 1. The van der Waals surface area contributed by atoms with Gasteiger partial charge in [-0.25, -0.2) is 0 Å². The summed E-state index contributed by atoms with van der Waals surface area (Å²) in [6.45, 7) is 0. The molecule has 3 nitrogen and oxygen atoms in total. The number of phenols is 1. The maximum Gasteiger partial charge on any atom is 0.153 e. The molecular formula is C8H7BrO3. The molecule has 1 aromatic carbocycles. The lowest BCUT2D eigenvalue weighted by Crippen LogP contribution is -1.89. The number of aldehydes is 1. The van der Waals surface area contributed by atoms with Crippen LogP contribution in [0.3, 0.4) is 0 Å². The molecule has 1 N–H and O–H groups in total. The molecule has 0 aromatic heterocycles. The minimum Gasteiger partial charge on any atom is -0.507 e. The number of halogens is 1. The minimum absolute atomic E-state index is 0.0662. The van der Waals surface area contributed by atoms with E-state index in [9.17, 15) is 9.90 Å². The molecule has 0 bridgehead atoms. The maximum absolute atomic E-state index is 10.3. The maximum atomic E-state index is 10.3. The first-order valence-electron chi connectivity index (χ1n) is 3.25. The van der Waals surface area contributed by atoms with Crippen molar-refractivity contribution in [3.8, 4) is 11.5 Å². The van der Waals surface area contributed by atoms with Crippen LogP contribution in [0.5, 0.6) is 11.5 Å². The highest BCUT2D eigenvalue weighted by atomic mass is 79.9. The number of hydrogen-bond acceptors (Lipinski definition) is 3. The molecule has 0 radical (unpaired) electrons. The summed E-state index contributed by atoms with van der Waals surface area (Å²) in [6, 6.07) is 4.51. The van der Waals surface area contributed by atoms with Gasteiger partial charge in [-0.15, -0.1) is 0 Å². The summed E-state index contributed by atoms with van der Waals surface area (Å²) < 4.78 is 5.03. The summed E-state index contributed by atoms with van der Waals surface area (Å²) >= 11 is 3.07. The van der Waals surface area contributed by atoms with Crippen molar-refractivity contribution >= 4 is 22.2 Å². The van der Waals surface area contributed by atoms with Crippen LogP contribution in [0.2, 0.25) is 0 Å². The number of benzene rings is 1. The summed E-state index contributed by atoms with van der Waals surface area (Å²) in [5.41, 5.74) is 0.615. The van der Waals surface area contributed by atoms with Crippen LogP contribution in [0.1, 0.15) is 10.4 Å². The van der Waals surface area contributed by atoms with Crippen molar-refractivity contribution in [2.75, 3.05) is 5.52 Å². The molecule has 0 atom stereocenters. The summed E-state index contributed by atoms with van der Waals surface area (Å²) in [5, 5.41) is 9.19. The molecule has 12 heavy (non-hydrogen) atoms. The summed E-state index contributed by atoms with van der Waals surface area (Å²) in [6.07, 6.45) is 0.591. The Morgan fingerprint density at radius 3 is 2.83 bits per heavy atom. The van der Waals surface area contributed by atoms with E-state index < -0.39 is 0 Å².